The first-order valence-corrected chi connectivity index (χ1v) is 12.0. The highest BCUT2D eigenvalue weighted by Crippen LogP contribution is 2.31. The van der Waals surface area contributed by atoms with E-state index < -0.39 is 0 Å². The maximum Gasteiger partial charge on any atom is 0.280 e. The lowest BCUT2D eigenvalue weighted by Gasteiger charge is -2.27. The molecule has 31 heavy (non-hydrogen) atoms. The summed E-state index contributed by atoms with van der Waals surface area (Å²) in [6.07, 6.45) is 1.87. The quantitative estimate of drug-likeness (QED) is 0.533. The summed E-state index contributed by atoms with van der Waals surface area (Å²) in [5.74, 6) is -0.0768. The molecular formula is C23H31N5O2S. The van der Waals surface area contributed by atoms with Crippen molar-refractivity contribution in [3.63, 3.8) is 0 Å². The van der Waals surface area contributed by atoms with Gasteiger partial charge in [-0.1, -0.05) is 24.3 Å². The van der Waals surface area contributed by atoms with Gasteiger partial charge in [-0.2, -0.15) is 5.10 Å². The molecule has 0 aliphatic carbocycles. The first-order chi connectivity index (χ1) is 15.1. The van der Waals surface area contributed by atoms with E-state index in [4.69, 9.17) is 9.72 Å². The summed E-state index contributed by atoms with van der Waals surface area (Å²) >= 11 is 1.59. The summed E-state index contributed by atoms with van der Waals surface area (Å²) in [7, 11) is 0. The SMILES string of the molecule is CCc1ccc2nc(N(CCCN3CCOCC3)C(=O)c3cc(C)n(CC)n3)sc2c1. The highest BCUT2D eigenvalue weighted by Gasteiger charge is 2.24. The number of hydrogen-bond donors (Lipinski definition) is 0. The Kier molecular flexibility index (Phi) is 6.99. The summed E-state index contributed by atoms with van der Waals surface area (Å²) in [5.41, 5.74) is 3.71. The molecule has 0 unspecified atom stereocenters. The summed E-state index contributed by atoms with van der Waals surface area (Å²) in [6.45, 7) is 12.0. The number of thiazole rings is 1. The standard InChI is InChI=1S/C23H31N5O2S/c1-4-18-7-8-19-21(16-18)31-23(24-19)27(10-6-9-26-11-13-30-14-12-26)22(29)20-15-17(3)28(5-2)25-20/h7-8,15-16H,4-6,9-14H2,1-3H3. The van der Waals surface area contributed by atoms with Gasteiger partial charge >= 0.3 is 0 Å². The third kappa shape index (κ3) is 4.97. The number of rotatable bonds is 8. The first-order valence-electron chi connectivity index (χ1n) is 11.1. The van der Waals surface area contributed by atoms with Crippen molar-refractivity contribution in [2.75, 3.05) is 44.3 Å². The average molecular weight is 442 g/mol. The lowest BCUT2D eigenvalue weighted by atomic mass is 10.2. The largest absolute Gasteiger partial charge is 0.379 e. The Morgan fingerprint density at radius 2 is 2.03 bits per heavy atom. The fourth-order valence-electron chi connectivity index (χ4n) is 3.93. The molecule has 4 rings (SSSR count). The van der Waals surface area contributed by atoms with E-state index in [0.717, 1.165) is 73.3 Å². The number of fused-ring (bicyclic) bond motifs is 1. The third-order valence-electron chi connectivity index (χ3n) is 5.79. The van der Waals surface area contributed by atoms with Crippen LogP contribution in [0.4, 0.5) is 5.13 Å². The van der Waals surface area contributed by atoms with E-state index in [9.17, 15) is 4.79 Å². The van der Waals surface area contributed by atoms with Crippen molar-refractivity contribution in [3.8, 4) is 0 Å². The van der Waals surface area contributed by atoms with Crippen molar-refractivity contribution < 1.29 is 9.53 Å². The molecule has 0 saturated carbocycles. The smallest absolute Gasteiger partial charge is 0.280 e. The van der Waals surface area contributed by atoms with Gasteiger partial charge in [0.1, 0.15) is 0 Å². The number of anilines is 1. The third-order valence-corrected chi connectivity index (χ3v) is 6.83. The molecule has 0 radical (unpaired) electrons. The second-order valence-electron chi connectivity index (χ2n) is 7.90. The number of benzene rings is 1. The fourth-order valence-corrected chi connectivity index (χ4v) is 4.98. The maximum atomic E-state index is 13.5. The lowest BCUT2D eigenvalue weighted by Crippen LogP contribution is -2.39. The van der Waals surface area contributed by atoms with Crippen LogP contribution in [0.5, 0.6) is 0 Å². The number of aryl methyl sites for hydroxylation is 3. The second kappa shape index (κ2) is 9.89. The zero-order valence-corrected chi connectivity index (χ0v) is 19.5. The molecule has 0 N–H and O–H groups in total. The molecule has 1 aromatic carbocycles. The van der Waals surface area contributed by atoms with Gasteiger partial charge in [0, 0.05) is 38.4 Å². The molecule has 0 spiro atoms. The first kappa shape index (κ1) is 21.9. The van der Waals surface area contributed by atoms with Crippen molar-refractivity contribution in [1.29, 1.82) is 0 Å². The Hall–Kier alpha value is -2.29. The number of amides is 1. The van der Waals surface area contributed by atoms with Crippen LogP contribution in [0.3, 0.4) is 0 Å². The van der Waals surface area contributed by atoms with Gasteiger partial charge in [0.2, 0.25) is 0 Å². The minimum atomic E-state index is -0.0768. The Labute approximate surface area is 187 Å². The Morgan fingerprint density at radius 3 is 2.74 bits per heavy atom. The number of carbonyl (C=O) groups excluding carboxylic acids is 1. The highest BCUT2D eigenvalue weighted by atomic mass is 32.1. The van der Waals surface area contributed by atoms with Crippen molar-refractivity contribution >= 4 is 32.6 Å². The van der Waals surface area contributed by atoms with Crippen molar-refractivity contribution in [2.24, 2.45) is 0 Å². The van der Waals surface area contributed by atoms with Gasteiger partial charge in [0.05, 0.1) is 23.4 Å². The van der Waals surface area contributed by atoms with Gasteiger partial charge in [0.15, 0.2) is 10.8 Å². The van der Waals surface area contributed by atoms with E-state index >= 15 is 0 Å². The lowest BCUT2D eigenvalue weighted by molar-refractivity contribution is 0.0376. The molecule has 8 heteroatoms. The van der Waals surface area contributed by atoms with Gasteiger partial charge in [0.25, 0.3) is 5.91 Å². The van der Waals surface area contributed by atoms with Crippen molar-refractivity contribution in [3.05, 3.63) is 41.2 Å². The van der Waals surface area contributed by atoms with E-state index in [-0.39, 0.29) is 5.91 Å². The van der Waals surface area contributed by atoms with E-state index in [0.29, 0.717) is 12.2 Å². The van der Waals surface area contributed by atoms with E-state index in [1.54, 1.807) is 11.3 Å². The minimum absolute atomic E-state index is 0.0768. The summed E-state index contributed by atoms with van der Waals surface area (Å²) in [4.78, 5) is 22.5. The van der Waals surface area contributed by atoms with Crippen LogP contribution in [0.1, 0.15) is 42.0 Å². The molecule has 166 valence electrons. The summed E-state index contributed by atoms with van der Waals surface area (Å²) in [5, 5.41) is 5.28. The highest BCUT2D eigenvalue weighted by molar-refractivity contribution is 7.22. The topological polar surface area (TPSA) is 63.5 Å². The van der Waals surface area contributed by atoms with Crippen LogP contribution in [-0.4, -0.2) is 65.0 Å². The Balaban J connectivity index is 1.58. The van der Waals surface area contributed by atoms with Crippen LogP contribution in [-0.2, 0) is 17.7 Å². The van der Waals surface area contributed by atoms with E-state index in [1.165, 1.54) is 5.56 Å². The molecule has 1 fully saturated rings. The van der Waals surface area contributed by atoms with Crippen LogP contribution < -0.4 is 4.90 Å². The number of carbonyl (C=O) groups is 1. The molecular weight excluding hydrogens is 410 g/mol. The molecule has 7 nitrogen and oxygen atoms in total. The molecule has 2 aromatic heterocycles. The average Bonchev–Trinajstić information content (AvgIpc) is 3.39. The van der Waals surface area contributed by atoms with Crippen LogP contribution in [0.15, 0.2) is 24.3 Å². The molecule has 1 aliphatic rings. The van der Waals surface area contributed by atoms with Crippen molar-refractivity contribution in [2.45, 2.75) is 40.2 Å². The van der Waals surface area contributed by atoms with Crippen LogP contribution in [0, 0.1) is 6.92 Å². The number of morpholine rings is 1. The molecule has 0 bridgehead atoms. The summed E-state index contributed by atoms with van der Waals surface area (Å²) in [6, 6.07) is 8.23. The monoisotopic (exact) mass is 441 g/mol. The normalized spacial score (nSPS) is 14.9. The van der Waals surface area contributed by atoms with Gasteiger partial charge in [-0.3, -0.25) is 19.3 Å². The summed E-state index contributed by atoms with van der Waals surface area (Å²) < 4.78 is 8.43. The maximum absolute atomic E-state index is 13.5. The van der Waals surface area contributed by atoms with Gasteiger partial charge < -0.3 is 4.74 Å². The van der Waals surface area contributed by atoms with Gasteiger partial charge in [-0.05, 0) is 50.5 Å². The Bertz CT molecular complexity index is 1040. The zero-order valence-electron chi connectivity index (χ0n) is 18.6. The van der Waals surface area contributed by atoms with Crippen LogP contribution in [0.2, 0.25) is 0 Å². The molecule has 1 amide bonds. The molecule has 1 aliphatic heterocycles. The second-order valence-corrected chi connectivity index (χ2v) is 8.91. The molecule has 1 saturated heterocycles. The van der Waals surface area contributed by atoms with Crippen LogP contribution in [0.25, 0.3) is 10.2 Å². The predicted octanol–water partition coefficient (Wildman–Crippen LogP) is 3.75. The molecule has 3 heterocycles. The number of aromatic nitrogens is 3. The van der Waals surface area contributed by atoms with E-state index in [1.807, 2.05) is 29.5 Å². The number of nitrogens with zero attached hydrogens (tertiary/aromatic N) is 5. The molecule has 0 atom stereocenters. The minimum Gasteiger partial charge on any atom is -0.379 e. The van der Waals surface area contributed by atoms with Crippen molar-refractivity contribution in [1.82, 2.24) is 19.7 Å². The predicted molar refractivity (Wildman–Crippen MR) is 125 cm³/mol. The van der Waals surface area contributed by atoms with Crippen LogP contribution >= 0.6 is 11.3 Å². The van der Waals surface area contributed by atoms with Gasteiger partial charge in [-0.15, -0.1) is 0 Å². The Morgan fingerprint density at radius 1 is 1.23 bits per heavy atom. The van der Waals surface area contributed by atoms with E-state index in [2.05, 4.69) is 35.1 Å². The fraction of sp³-hybridized carbons (Fsp3) is 0.522. The molecule has 3 aromatic rings. The zero-order chi connectivity index (χ0) is 21.8. The number of hydrogen-bond acceptors (Lipinski definition) is 6. The van der Waals surface area contributed by atoms with Gasteiger partial charge in [-0.25, -0.2) is 4.98 Å². The number of ether oxygens (including phenoxy) is 1.